The summed E-state index contributed by atoms with van der Waals surface area (Å²) in [5.41, 5.74) is 2.24. The van der Waals surface area contributed by atoms with Crippen molar-refractivity contribution in [2.45, 2.75) is 37.6 Å². The molecule has 2 heterocycles. The van der Waals surface area contributed by atoms with Crippen molar-refractivity contribution in [3.8, 4) is 0 Å². The lowest BCUT2D eigenvalue weighted by atomic mass is 9.89. The maximum Gasteiger partial charge on any atom is 0.270 e. The van der Waals surface area contributed by atoms with Crippen LogP contribution in [0.4, 0.5) is 11.4 Å². The number of amides is 3. The van der Waals surface area contributed by atoms with Gasteiger partial charge < -0.3 is 10.2 Å². The molecule has 166 valence electrons. The second-order valence-electron chi connectivity index (χ2n) is 8.14. The summed E-state index contributed by atoms with van der Waals surface area (Å²) in [7, 11) is 0. The molecular weight excluding hydrogens is 412 g/mol. The van der Waals surface area contributed by atoms with E-state index >= 15 is 0 Å². The van der Waals surface area contributed by atoms with Gasteiger partial charge in [-0.3, -0.25) is 29.8 Å². The summed E-state index contributed by atoms with van der Waals surface area (Å²) in [5, 5.41) is 16.5. The quantitative estimate of drug-likeness (QED) is 0.422. The molecule has 3 amide bonds. The van der Waals surface area contributed by atoms with Crippen molar-refractivity contribution < 1.29 is 19.3 Å². The fourth-order valence-electron chi connectivity index (χ4n) is 4.23. The Labute approximate surface area is 184 Å². The predicted molar refractivity (Wildman–Crippen MR) is 117 cm³/mol. The lowest BCUT2D eigenvalue weighted by molar-refractivity contribution is -0.384. The van der Waals surface area contributed by atoms with Crippen LogP contribution < -0.4 is 10.6 Å². The van der Waals surface area contributed by atoms with Crippen LogP contribution in [0.2, 0.25) is 0 Å². The van der Waals surface area contributed by atoms with Crippen molar-refractivity contribution in [1.82, 2.24) is 10.2 Å². The Balaban J connectivity index is 1.33. The lowest BCUT2D eigenvalue weighted by Crippen LogP contribution is -2.47. The number of imide groups is 1. The van der Waals surface area contributed by atoms with Crippen LogP contribution in [0.5, 0.6) is 0 Å². The third-order valence-corrected chi connectivity index (χ3v) is 6.05. The highest BCUT2D eigenvalue weighted by molar-refractivity contribution is 6.01. The van der Waals surface area contributed by atoms with Gasteiger partial charge in [-0.05, 0) is 48.9 Å². The molecule has 9 heteroatoms. The van der Waals surface area contributed by atoms with E-state index in [1.165, 1.54) is 23.8 Å². The van der Waals surface area contributed by atoms with E-state index in [9.17, 15) is 24.5 Å². The van der Waals surface area contributed by atoms with Gasteiger partial charge in [-0.1, -0.05) is 18.2 Å². The van der Waals surface area contributed by atoms with Crippen molar-refractivity contribution in [1.29, 1.82) is 0 Å². The first-order valence-electron chi connectivity index (χ1n) is 10.6. The molecule has 2 saturated heterocycles. The smallest absolute Gasteiger partial charge is 0.270 e. The predicted octanol–water partition coefficient (Wildman–Crippen LogP) is 2.83. The number of nitrogens with zero attached hydrogens (tertiary/aromatic N) is 2. The zero-order chi connectivity index (χ0) is 22.7. The van der Waals surface area contributed by atoms with Crippen LogP contribution in [0.1, 0.15) is 47.5 Å². The van der Waals surface area contributed by atoms with E-state index in [4.69, 9.17) is 0 Å². The molecule has 1 unspecified atom stereocenters. The number of nitro groups is 1. The number of carbonyl (C=O) groups is 3. The molecule has 2 aliphatic rings. The van der Waals surface area contributed by atoms with Gasteiger partial charge in [-0.2, -0.15) is 0 Å². The van der Waals surface area contributed by atoms with Crippen molar-refractivity contribution in [2.75, 3.05) is 18.4 Å². The first-order valence-corrected chi connectivity index (χ1v) is 10.6. The summed E-state index contributed by atoms with van der Waals surface area (Å²) in [6.45, 7) is 1.17. The zero-order valence-electron chi connectivity index (χ0n) is 17.5. The molecule has 2 fully saturated rings. The molecule has 2 aliphatic heterocycles. The second kappa shape index (κ2) is 9.17. The van der Waals surface area contributed by atoms with E-state index in [1.807, 2.05) is 24.3 Å². The van der Waals surface area contributed by atoms with E-state index in [2.05, 4.69) is 10.6 Å². The Morgan fingerprint density at radius 3 is 2.44 bits per heavy atom. The first-order chi connectivity index (χ1) is 15.4. The van der Waals surface area contributed by atoms with Gasteiger partial charge in [-0.25, -0.2) is 0 Å². The van der Waals surface area contributed by atoms with Crippen LogP contribution in [0.15, 0.2) is 48.5 Å². The third kappa shape index (κ3) is 4.77. The maximum absolute atomic E-state index is 12.7. The van der Waals surface area contributed by atoms with Crippen LogP contribution in [-0.2, 0) is 9.59 Å². The number of anilines is 1. The summed E-state index contributed by atoms with van der Waals surface area (Å²) in [4.78, 5) is 48.1. The van der Waals surface area contributed by atoms with E-state index in [0.29, 0.717) is 37.4 Å². The van der Waals surface area contributed by atoms with Crippen molar-refractivity contribution >= 4 is 29.1 Å². The van der Waals surface area contributed by atoms with E-state index < -0.39 is 11.0 Å². The molecule has 0 aliphatic carbocycles. The molecular formula is C23H24N4O5. The van der Waals surface area contributed by atoms with Crippen molar-refractivity contribution in [3.05, 3.63) is 69.8 Å². The normalized spacial score (nSPS) is 19.4. The number of rotatable bonds is 5. The number of carbonyl (C=O) groups excluding carboxylic acids is 3. The molecule has 2 aromatic rings. The van der Waals surface area contributed by atoms with Crippen molar-refractivity contribution in [3.63, 3.8) is 0 Å². The molecule has 1 atom stereocenters. The van der Waals surface area contributed by atoms with Crippen molar-refractivity contribution in [2.24, 2.45) is 0 Å². The Hall–Kier alpha value is -3.75. The molecule has 0 radical (unpaired) electrons. The van der Waals surface area contributed by atoms with Crippen LogP contribution in [0.3, 0.4) is 0 Å². The second-order valence-corrected chi connectivity index (χ2v) is 8.14. The van der Waals surface area contributed by atoms with Crippen LogP contribution >= 0.6 is 0 Å². The number of benzene rings is 2. The number of hydrogen-bond acceptors (Lipinski definition) is 6. The first kappa shape index (κ1) is 21.5. The summed E-state index contributed by atoms with van der Waals surface area (Å²) in [5.74, 6) is -0.408. The van der Waals surface area contributed by atoms with Gasteiger partial charge in [-0.15, -0.1) is 0 Å². The number of likely N-dealkylation sites (tertiary alicyclic amines) is 1. The summed E-state index contributed by atoms with van der Waals surface area (Å²) in [6.07, 6.45) is 2.42. The monoisotopic (exact) mass is 436 g/mol. The molecule has 9 nitrogen and oxygen atoms in total. The fourth-order valence-corrected chi connectivity index (χ4v) is 4.23. The molecule has 0 saturated carbocycles. The highest BCUT2D eigenvalue weighted by Crippen LogP contribution is 2.30. The SMILES string of the molecule is O=C1CCC(Nc2ccc(C3CCN(C(=O)c4cccc([N+](=O)[O-])c4)CC3)cc2)C(=O)N1. The minimum Gasteiger partial charge on any atom is -0.374 e. The minimum absolute atomic E-state index is 0.0863. The Morgan fingerprint density at radius 1 is 1.06 bits per heavy atom. The van der Waals surface area contributed by atoms with Gasteiger partial charge in [0.2, 0.25) is 11.8 Å². The van der Waals surface area contributed by atoms with Crippen LogP contribution in [0.25, 0.3) is 0 Å². The number of nitrogens with one attached hydrogen (secondary N) is 2. The minimum atomic E-state index is -0.498. The maximum atomic E-state index is 12.7. The average molecular weight is 436 g/mol. The number of piperidine rings is 2. The van der Waals surface area contributed by atoms with Gasteiger partial charge in [0.05, 0.1) is 4.92 Å². The van der Waals surface area contributed by atoms with Gasteiger partial charge in [0.1, 0.15) is 6.04 Å². The topological polar surface area (TPSA) is 122 Å². The Bertz CT molecular complexity index is 1040. The summed E-state index contributed by atoms with van der Waals surface area (Å²) < 4.78 is 0. The highest BCUT2D eigenvalue weighted by atomic mass is 16.6. The van der Waals surface area contributed by atoms with E-state index in [-0.39, 0.29) is 23.4 Å². The fraction of sp³-hybridized carbons (Fsp3) is 0.348. The average Bonchev–Trinajstić information content (AvgIpc) is 2.81. The number of hydrogen-bond donors (Lipinski definition) is 2. The summed E-state index contributed by atoms with van der Waals surface area (Å²) in [6, 6.07) is 13.3. The largest absolute Gasteiger partial charge is 0.374 e. The Morgan fingerprint density at radius 2 is 1.78 bits per heavy atom. The van der Waals surface area contributed by atoms with Gasteiger partial charge >= 0.3 is 0 Å². The third-order valence-electron chi connectivity index (χ3n) is 6.05. The van der Waals surface area contributed by atoms with Gasteiger partial charge in [0, 0.05) is 42.9 Å². The van der Waals surface area contributed by atoms with Gasteiger partial charge in [0.15, 0.2) is 0 Å². The summed E-state index contributed by atoms with van der Waals surface area (Å²) >= 11 is 0. The standard InChI is InChI=1S/C23H24N4O5/c28-21-9-8-20(22(29)25-21)24-18-6-4-15(5-7-18)16-10-12-26(13-11-16)23(30)17-2-1-3-19(14-17)27(31)32/h1-7,14,16,20,24H,8-13H2,(H,25,28,29). The molecule has 32 heavy (non-hydrogen) atoms. The van der Waals surface area contributed by atoms with E-state index in [0.717, 1.165) is 18.5 Å². The number of nitro benzene ring substituents is 1. The highest BCUT2D eigenvalue weighted by Gasteiger charge is 2.27. The molecule has 4 rings (SSSR count). The molecule has 0 aromatic heterocycles. The van der Waals surface area contributed by atoms with Crippen LogP contribution in [-0.4, -0.2) is 46.7 Å². The number of non-ortho nitro benzene ring substituents is 1. The molecule has 0 bridgehead atoms. The van der Waals surface area contributed by atoms with Crippen LogP contribution in [0, 0.1) is 10.1 Å². The molecule has 0 spiro atoms. The van der Waals surface area contributed by atoms with E-state index in [1.54, 1.807) is 11.0 Å². The molecule has 2 aromatic carbocycles. The molecule has 2 N–H and O–H groups in total. The Kier molecular flexibility index (Phi) is 6.16. The zero-order valence-corrected chi connectivity index (χ0v) is 17.5. The van der Waals surface area contributed by atoms with Gasteiger partial charge in [0.25, 0.3) is 11.6 Å². The lowest BCUT2D eigenvalue weighted by Gasteiger charge is -2.32.